The Kier molecular flexibility index (Phi) is 4.42. The molecule has 68 valence electrons. The molecule has 0 aliphatic carbocycles. The summed E-state index contributed by atoms with van der Waals surface area (Å²) in [5.74, 6) is 1.00. The average molecular weight is 191 g/mol. The lowest BCUT2D eigenvalue weighted by molar-refractivity contribution is 0.989. The van der Waals surface area contributed by atoms with E-state index in [-0.39, 0.29) is 0 Å². The first-order valence-electron chi connectivity index (χ1n) is 4.35. The van der Waals surface area contributed by atoms with Crippen molar-refractivity contribution < 1.29 is 0 Å². The first-order chi connectivity index (χ1) is 6.33. The molecule has 0 saturated heterocycles. The predicted octanol–water partition coefficient (Wildman–Crippen LogP) is 3.22. The molecule has 0 saturated carbocycles. The average Bonchev–Trinajstić information content (AvgIpc) is 2.17. The summed E-state index contributed by atoms with van der Waals surface area (Å²) in [4.78, 5) is 0. The minimum atomic E-state index is 0.435. The summed E-state index contributed by atoms with van der Waals surface area (Å²) in [7, 11) is 0. The molecule has 0 spiro atoms. The zero-order valence-electron chi connectivity index (χ0n) is 7.73. The Morgan fingerprint density at radius 1 is 1.38 bits per heavy atom. The number of hydrogen-bond donors (Lipinski definition) is 0. The van der Waals surface area contributed by atoms with E-state index in [2.05, 4.69) is 25.1 Å². The van der Waals surface area contributed by atoms with Crippen LogP contribution in [0.15, 0.2) is 30.3 Å². The van der Waals surface area contributed by atoms with Crippen LogP contribution in [-0.4, -0.2) is 5.25 Å². The number of benzene rings is 1. The van der Waals surface area contributed by atoms with E-state index < -0.39 is 0 Å². The molecule has 0 radical (unpaired) electrons. The van der Waals surface area contributed by atoms with Gasteiger partial charge in [-0.05, 0) is 5.56 Å². The Bertz CT molecular complexity index is 276. The molecular weight excluding hydrogens is 178 g/mol. The summed E-state index contributed by atoms with van der Waals surface area (Å²) >= 11 is 1.83. The van der Waals surface area contributed by atoms with E-state index >= 15 is 0 Å². The lowest BCUT2D eigenvalue weighted by Crippen LogP contribution is -1.94. The molecule has 1 unspecified atom stereocenters. The zero-order chi connectivity index (χ0) is 9.52. The SMILES string of the molecule is CC(CC#N)SCc1ccccc1. The number of nitrogens with zero attached hydrogens (tertiary/aromatic N) is 1. The van der Waals surface area contributed by atoms with Crippen LogP contribution < -0.4 is 0 Å². The Hall–Kier alpha value is -0.940. The highest BCUT2D eigenvalue weighted by Gasteiger charge is 2.01. The first-order valence-corrected chi connectivity index (χ1v) is 5.40. The monoisotopic (exact) mass is 191 g/mol. The normalized spacial score (nSPS) is 12.0. The fraction of sp³-hybridized carbons (Fsp3) is 0.364. The van der Waals surface area contributed by atoms with Crippen molar-refractivity contribution >= 4 is 11.8 Å². The van der Waals surface area contributed by atoms with Crippen LogP contribution in [0.2, 0.25) is 0 Å². The molecule has 1 nitrogen and oxygen atoms in total. The van der Waals surface area contributed by atoms with Gasteiger partial charge in [-0.3, -0.25) is 0 Å². The third kappa shape index (κ3) is 4.00. The van der Waals surface area contributed by atoms with Gasteiger partial charge in [-0.25, -0.2) is 0 Å². The van der Waals surface area contributed by atoms with Gasteiger partial charge in [0.1, 0.15) is 0 Å². The van der Waals surface area contributed by atoms with Crippen molar-refractivity contribution in [2.24, 2.45) is 0 Å². The van der Waals surface area contributed by atoms with Gasteiger partial charge < -0.3 is 0 Å². The van der Waals surface area contributed by atoms with Crippen LogP contribution in [0, 0.1) is 11.3 Å². The summed E-state index contributed by atoms with van der Waals surface area (Å²) < 4.78 is 0. The Labute approximate surface area is 83.8 Å². The predicted molar refractivity (Wildman–Crippen MR) is 57.4 cm³/mol. The van der Waals surface area contributed by atoms with Crippen molar-refractivity contribution in [3.8, 4) is 6.07 Å². The molecule has 2 heteroatoms. The lowest BCUT2D eigenvalue weighted by Gasteiger charge is -2.06. The van der Waals surface area contributed by atoms with E-state index in [4.69, 9.17) is 5.26 Å². The van der Waals surface area contributed by atoms with Crippen molar-refractivity contribution in [1.82, 2.24) is 0 Å². The van der Waals surface area contributed by atoms with E-state index in [1.54, 1.807) is 0 Å². The van der Waals surface area contributed by atoms with Crippen LogP contribution in [0.1, 0.15) is 18.9 Å². The van der Waals surface area contributed by atoms with Crippen LogP contribution in [0.5, 0.6) is 0 Å². The maximum atomic E-state index is 8.47. The minimum absolute atomic E-state index is 0.435. The topological polar surface area (TPSA) is 23.8 Å². The van der Waals surface area contributed by atoms with Crippen LogP contribution in [-0.2, 0) is 5.75 Å². The fourth-order valence-electron chi connectivity index (χ4n) is 1.00. The highest BCUT2D eigenvalue weighted by molar-refractivity contribution is 7.99. The maximum absolute atomic E-state index is 8.47. The van der Waals surface area contributed by atoms with Gasteiger partial charge in [0.25, 0.3) is 0 Å². The number of thioether (sulfide) groups is 1. The Balaban J connectivity index is 2.32. The largest absolute Gasteiger partial charge is 0.198 e. The van der Waals surface area contributed by atoms with E-state index in [1.165, 1.54) is 5.56 Å². The fourth-order valence-corrected chi connectivity index (χ4v) is 1.86. The Morgan fingerprint density at radius 2 is 2.08 bits per heavy atom. The van der Waals surface area contributed by atoms with Gasteiger partial charge in [-0.1, -0.05) is 37.3 Å². The minimum Gasteiger partial charge on any atom is -0.198 e. The van der Waals surface area contributed by atoms with Gasteiger partial charge in [0.15, 0.2) is 0 Å². The second-order valence-electron chi connectivity index (χ2n) is 2.97. The molecule has 1 aromatic carbocycles. The number of rotatable bonds is 4. The molecule has 0 heterocycles. The number of hydrogen-bond acceptors (Lipinski definition) is 2. The number of nitriles is 1. The highest BCUT2D eigenvalue weighted by Crippen LogP contribution is 2.19. The molecule has 1 atom stereocenters. The summed E-state index contributed by atoms with van der Waals surface area (Å²) in [5, 5.41) is 8.91. The molecule has 0 amide bonds. The van der Waals surface area contributed by atoms with Crippen LogP contribution in [0.3, 0.4) is 0 Å². The summed E-state index contributed by atoms with van der Waals surface area (Å²) in [6.45, 7) is 2.09. The molecule has 1 aromatic rings. The van der Waals surface area contributed by atoms with E-state index in [1.807, 2.05) is 30.0 Å². The van der Waals surface area contributed by atoms with Gasteiger partial charge in [0, 0.05) is 17.4 Å². The third-order valence-electron chi connectivity index (χ3n) is 1.76. The molecule has 0 aromatic heterocycles. The summed E-state index contributed by atoms with van der Waals surface area (Å²) in [5.41, 5.74) is 1.33. The van der Waals surface area contributed by atoms with Crippen molar-refractivity contribution in [3.63, 3.8) is 0 Å². The van der Waals surface area contributed by atoms with E-state index in [0.717, 1.165) is 5.75 Å². The lowest BCUT2D eigenvalue weighted by atomic mass is 10.2. The molecule has 13 heavy (non-hydrogen) atoms. The Morgan fingerprint density at radius 3 is 2.69 bits per heavy atom. The second kappa shape index (κ2) is 5.66. The van der Waals surface area contributed by atoms with Crippen LogP contribution in [0.4, 0.5) is 0 Å². The second-order valence-corrected chi connectivity index (χ2v) is 4.40. The van der Waals surface area contributed by atoms with Crippen molar-refractivity contribution in [1.29, 1.82) is 5.26 Å². The van der Waals surface area contributed by atoms with Crippen molar-refractivity contribution in [2.75, 3.05) is 0 Å². The molecule has 0 bridgehead atoms. The zero-order valence-corrected chi connectivity index (χ0v) is 8.55. The molecule has 0 aliphatic rings. The third-order valence-corrected chi connectivity index (χ3v) is 2.99. The summed E-state index contributed by atoms with van der Waals surface area (Å²) in [6, 6.07) is 12.5. The van der Waals surface area contributed by atoms with E-state index in [0.29, 0.717) is 11.7 Å². The molecule has 1 rings (SSSR count). The van der Waals surface area contributed by atoms with Crippen LogP contribution >= 0.6 is 11.8 Å². The highest BCUT2D eigenvalue weighted by atomic mass is 32.2. The first kappa shape index (κ1) is 10.1. The van der Waals surface area contributed by atoms with Crippen molar-refractivity contribution in [3.05, 3.63) is 35.9 Å². The maximum Gasteiger partial charge on any atom is 0.0633 e. The van der Waals surface area contributed by atoms with Crippen molar-refractivity contribution in [2.45, 2.75) is 24.3 Å². The van der Waals surface area contributed by atoms with Gasteiger partial charge in [-0.15, -0.1) is 0 Å². The molecular formula is C11H13NS. The van der Waals surface area contributed by atoms with Gasteiger partial charge in [0.05, 0.1) is 6.07 Å². The standard InChI is InChI=1S/C11H13NS/c1-10(7-8-12)13-9-11-5-3-2-4-6-11/h2-6,10H,7,9H2,1H3. The van der Waals surface area contributed by atoms with Gasteiger partial charge in [-0.2, -0.15) is 17.0 Å². The van der Waals surface area contributed by atoms with Gasteiger partial charge >= 0.3 is 0 Å². The molecule has 0 N–H and O–H groups in total. The smallest absolute Gasteiger partial charge is 0.0633 e. The quantitative estimate of drug-likeness (QED) is 0.729. The molecule has 0 fully saturated rings. The van der Waals surface area contributed by atoms with Gasteiger partial charge in [0.2, 0.25) is 0 Å². The van der Waals surface area contributed by atoms with E-state index in [9.17, 15) is 0 Å². The van der Waals surface area contributed by atoms with Crippen LogP contribution in [0.25, 0.3) is 0 Å². The molecule has 0 aliphatic heterocycles. The summed E-state index contributed by atoms with van der Waals surface area (Å²) in [6.07, 6.45) is 0.636.